The number of rotatable bonds is 5. The zero-order valence-corrected chi connectivity index (χ0v) is 23.6. The number of nitrogens with one attached hydrogen (secondary N) is 1. The van der Waals surface area contributed by atoms with Crippen LogP contribution in [0.25, 0.3) is 16.9 Å². The number of fused-ring (bicyclic) bond motifs is 4. The summed E-state index contributed by atoms with van der Waals surface area (Å²) in [4.78, 5) is 32.6. The van der Waals surface area contributed by atoms with E-state index in [-0.39, 0.29) is 22.6 Å². The van der Waals surface area contributed by atoms with Gasteiger partial charge in [-0.05, 0) is 67.6 Å². The third kappa shape index (κ3) is 4.52. The average Bonchev–Trinajstić information content (AvgIpc) is 3.37. The standard InChI is InChI=1S/C31H28BrN3O2S/c1-20-8-2-5-11-25(20)35-29(37)27-28(24-10-4-3-9-21(24)18-31(27)16-6-7-17-31)34-30(35)38-19-26(36)33-23-14-12-22(32)13-15-23/h2-5,8-15H,6-7,16-19H2,1H3,(H,33,36). The molecule has 7 heteroatoms. The number of aromatic nitrogens is 2. The molecule has 192 valence electrons. The van der Waals surface area contributed by atoms with E-state index in [1.165, 1.54) is 17.3 Å². The van der Waals surface area contributed by atoms with Gasteiger partial charge in [-0.3, -0.25) is 14.2 Å². The molecule has 5 nitrogen and oxygen atoms in total. The zero-order chi connectivity index (χ0) is 26.3. The van der Waals surface area contributed by atoms with Crippen molar-refractivity contribution < 1.29 is 4.79 Å². The summed E-state index contributed by atoms with van der Waals surface area (Å²) >= 11 is 4.73. The number of nitrogens with zero attached hydrogens (tertiary/aromatic N) is 2. The lowest BCUT2D eigenvalue weighted by atomic mass is 9.68. The van der Waals surface area contributed by atoms with Gasteiger partial charge < -0.3 is 5.32 Å². The summed E-state index contributed by atoms with van der Waals surface area (Å²) in [7, 11) is 0. The molecule has 1 spiro atoms. The Morgan fingerprint density at radius 2 is 1.74 bits per heavy atom. The normalized spacial score (nSPS) is 15.2. The Hall–Kier alpha value is -3.16. The van der Waals surface area contributed by atoms with Gasteiger partial charge in [0.25, 0.3) is 5.56 Å². The quantitative estimate of drug-likeness (QED) is 0.201. The lowest BCUT2D eigenvalue weighted by Crippen LogP contribution is -2.40. The van der Waals surface area contributed by atoms with E-state index in [4.69, 9.17) is 4.98 Å². The lowest BCUT2D eigenvalue weighted by Gasteiger charge is -2.36. The summed E-state index contributed by atoms with van der Waals surface area (Å²) in [6.07, 6.45) is 5.13. The number of hydrogen-bond acceptors (Lipinski definition) is 4. The minimum atomic E-state index is -0.180. The highest BCUT2D eigenvalue weighted by Gasteiger charge is 2.44. The number of carbonyl (C=O) groups is 1. The minimum Gasteiger partial charge on any atom is -0.325 e. The number of thioether (sulfide) groups is 1. The molecule has 1 amide bonds. The van der Waals surface area contributed by atoms with Crippen LogP contribution in [-0.2, 0) is 16.6 Å². The second-order valence-electron chi connectivity index (χ2n) is 10.2. The number of aryl methyl sites for hydroxylation is 1. The third-order valence-corrected chi connectivity index (χ3v) is 9.23. The second-order valence-corrected chi connectivity index (χ2v) is 12.1. The van der Waals surface area contributed by atoms with Crippen LogP contribution < -0.4 is 10.9 Å². The molecule has 0 unspecified atom stereocenters. The molecule has 0 radical (unpaired) electrons. The number of amides is 1. The van der Waals surface area contributed by atoms with E-state index in [1.807, 2.05) is 61.5 Å². The van der Waals surface area contributed by atoms with Gasteiger partial charge in [0.05, 0.1) is 22.7 Å². The Bertz CT molecular complexity index is 1590. The van der Waals surface area contributed by atoms with Crippen LogP contribution in [0.4, 0.5) is 5.69 Å². The van der Waals surface area contributed by atoms with Gasteiger partial charge in [-0.1, -0.05) is 83.0 Å². The van der Waals surface area contributed by atoms with Gasteiger partial charge >= 0.3 is 0 Å². The smallest absolute Gasteiger partial charge is 0.263 e. The van der Waals surface area contributed by atoms with Crippen molar-refractivity contribution in [1.29, 1.82) is 0 Å². The molecule has 1 saturated carbocycles. The fourth-order valence-electron chi connectivity index (χ4n) is 6.00. The monoisotopic (exact) mass is 585 g/mol. The highest BCUT2D eigenvalue weighted by atomic mass is 79.9. The first-order valence-electron chi connectivity index (χ1n) is 13.0. The molecule has 6 rings (SSSR count). The van der Waals surface area contributed by atoms with Crippen LogP contribution in [0.3, 0.4) is 0 Å². The first-order valence-corrected chi connectivity index (χ1v) is 14.7. The number of para-hydroxylation sites is 1. The van der Waals surface area contributed by atoms with Crippen LogP contribution >= 0.6 is 27.7 Å². The number of benzene rings is 3. The molecule has 0 saturated heterocycles. The predicted molar refractivity (Wildman–Crippen MR) is 157 cm³/mol. The van der Waals surface area contributed by atoms with Crippen molar-refractivity contribution >= 4 is 39.3 Å². The lowest BCUT2D eigenvalue weighted by molar-refractivity contribution is -0.113. The van der Waals surface area contributed by atoms with E-state index in [0.717, 1.165) is 70.3 Å². The zero-order valence-electron chi connectivity index (χ0n) is 21.2. The molecular formula is C31H28BrN3O2S. The fourth-order valence-corrected chi connectivity index (χ4v) is 7.06. The van der Waals surface area contributed by atoms with E-state index in [0.29, 0.717) is 5.16 Å². The summed E-state index contributed by atoms with van der Waals surface area (Å²) < 4.78 is 2.70. The van der Waals surface area contributed by atoms with Gasteiger partial charge in [0.15, 0.2) is 5.16 Å². The highest BCUT2D eigenvalue weighted by molar-refractivity contribution is 9.10. The molecule has 38 heavy (non-hydrogen) atoms. The topological polar surface area (TPSA) is 64.0 Å². The van der Waals surface area contributed by atoms with Gasteiger partial charge in [-0.15, -0.1) is 0 Å². The summed E-state index contributed by atoms with van der Waals surface area (Å²) in [6, 6.07) is 23.7. The van der Waals surface area contributed by atoms with Crippen LogP contribution in [0.1, 0.15) is 42.4 Å². The van der Waals surface area contributed by atoms with Crippen LogP contribution in [0.5, 0.6) is 0 Å². The Morgan fingerprint density at radius 3 is 2.50 bits per heavy atom. The Balaban J connectivity index is 1.47. The molecule has 3 aromatic carbocycles. The van der Waals surface area contributed by atoms with E-state index in [1.54, 1.807) is 4.57 Å². The molecule has 0 atom stereocenters. The molecule has 1 aromatic heterocycles. The maximum atomic E-state index is 14.5. The van der Waals surface area contributed by atoms with Gasteiger partial charge in [0, 0.05) is 21.1 Å². The van der Waals surface area contributed by atoms with Crippen molar-refractivity contribution in [3.05, 3.63) is 104 Å². The van der Waals surface area contributed by atoms with Crippen molar-refractivity contribution in [2.24, 2.45) is 0 Å². The van der Waals surface area contributed by atoms with E-state index in [2.05, 4.69) is 39.4 Å². The maximum absolute atomic E-state index is 14.5. The van der Waals surface area contributed by atoms with Gasteiger partial charge in [0.2, 0.25) is 5.91 Å². The SMILES string of the molecule is Cc1ccccc1-n1c(SCC(=O)Nc2ccc(Br)cc2)nc2c(c1=O)C1(CCCC1)Cc1ccccc1-2. The van der Waals surface area contributed by atoms with Gasteiger partial charge in [-0.2, -0.15) is 0 Å². The van der Waals surface area contributed by atoms with Crippen LogP contribution in [-0.4, -0.2) is 21.2 Å². The summed E-state index contributed by atoms with van der Waals surface area (Å²) in [5, 5.41) is 3.49. The number of hydrogen-bond donors (Lipinski definition) is 1. The van der Waals surface area contributed by atoms with Crippen molar-refractivity contribution in [2.45, 2.75) is 49.6 Å². The summed E-state index contributed by atoms with van der Waals surface area (Å²) in [5.74, 6) is -0.00625. The van der Waals surface area contributed by atoms with Crippen LogP contribution in [0.2, 0.25) is 0 Å². The first-order chi connectivity index (χ1) is 18.4. The maximum Gasteiger partial charge on any atom is 0.263 e. The molecule has 0 bridgehead atoms. The number of anilines is 1. The van der Waals surface area contributed by atoms with Gasteiger partial charge in [-0.25, -0.2) is 4.98 Å². The Kier molecular flexibility index (Phi) is 6.74. The second kappa shape index (κ2) is 10.2. The van der Waals surface area contributed by atoms with Crippen LogP contribution in [0.15, 0.2) is 87.2 Å². The Labute approximate surface area is 234 Å². The van der Waals surface area contributed by atoms with Crippen molar-refractivity contribution in [3.63, 3.8) is 0 Å². The average molecular weight is 587 g/mol. The molecule has 0 aliphatic heterocycles. The molecule has 1 heterocycles. The molecule has 2 aliphatic rings. The third-order valence-electron chi connectivity index (χ3n) is 7.76. The van der Waals surface area contributed by atoms with Gasteiger partial charge in [0.1, 0.15) is 0 Å². The van der Waals surface area contributed by atoms with Crippen LogP contribution in [0, 0.1) is 6.92 Å². The first kappa shape index (κ1) is 25.1. The molecular weight excluding hydrogens is 558 g/mol. The Morgan fingerprint density at radius 1 is 1.03 bits per heavy atom. The predicted octanol–water partition coefficient (Wildman–Crippen LogP) is 7.07. The number of carbonyl (C=O) groups excluding carboxylic acids is 1. The highest BCUT2D eigenvalue weighted by Crippen LogP contribution is 2.50. The molecule has 4 aromatic rings. The largest absolute Gasteiger partial charge is 0.325 e. The minimum absolute atomic E-state index is 0.00322. The van der Waals surface area contributed by atoms with E-state index < -0.39 is 0 Å². The van der Waals surface area contributed by atoms with Crippen molar-refractivity contribution in [3.8, 4) is 16.9 Å². The van der Waals surface area contributed by atoms with E-state index >= 15 is 0 Å². The number of halogens is 1. The fraction of sp³-hybridized carbons (Fsp3) is 0.258. The molecule has 1 fully saturated rings. The molecule has 1 N–H and O–H groups in total. The summed E-state index contributed by atoms with van der Waals surface area (Å²) in [5.41, 5.74) is 6.29. The van der Waals surface area contributed by atoms with E-state index in [9.17, 15) is 9.59 Å². The van der Waals surface area contributed by atoms with Crippen molar-refractivity contribution in [2.75, 3.05) is 11.1 Å². The molecule has 2 aliphatic carbocycles. The van der Waals surface area contributed by atoms with Crippen molar-refractivity contribution in [1.82, 2.24) is 9.55 Å². The summed E-state index contributed by atoms with van der Waals surface area (Å²) in [6.45, 7) is 2.01.